The number of hydrogen-bond acceptors (Lipinski definition) is 4. The average molecular weight is 149 g/mol. The molecule has 0 N–H and O–H groups in total. The van der Waals surface area contributed by atoms with Gasteiger partial charge in [-0.05, 0) is 0 Å². The average Bonchev–Trinajstić information content (AvgIpc) is 2.53. The first-order chi connectivity index (χ1) is 5.42. The van der Waals surface area contributed by atoms with Crippen LogP contribution < -0.4 is 0 Å². The van der Waals surface area contributed by atoms with Crippen LogP contribution in [0.3, 0.4) is 0 Å². The quantitative estimate of drug-likeness (QED) is 0.447. The van der Waals surface area contributed by atoms with Gasteiger partial charge in [0.05, 0.1) is 12.4 Å². The molecule has 0 saturated heterocycles. The molecule has 0 bridgehead atoms. The van der Waals surface area contributed by atoms with E-state index in [4.69, 9.17) is 4.42 Å². The van der Waals surface area contributed by atoms with Gasteiger partial charge in [0.25, 0.3) is 0 Å². The van der Waals surface area contributed by atoms with Crippen LogP contribution in [0.25, 0.3) is 5.84 Å². The van der Waals surface area contributed by atoms with E-state index >= 15 is 0 Å². The number of aromatic nitrogens is 2. The lowest BCUT2D eigenvalue weighted by molar-refractivity contribution is 0.565. The van der Waals surface area contributed by atoms with Crippen molar-refractivity contribution in [2.45, 2.75) is 0 Å². The van der Waals surface area contributed by atoms with Crippen molar-refractivity contribution >= 4 is 17.7 Å². The van der Waals surface area contributed by atoms with Gasteiger partial charge < -0.3 is 4.42 Å². The molecule has 2 aromatic heterocycles. The van der Waals surface area contributed by atoms with Crippen LogP contribution in [0.2, 0.25) is 0 Å². The number of nitrogens with zero attached hydrogens (tertiary/aromatic N) is 3. The van der Waals surface area contributed by atoms with Gasteiger partial charge in [0.15, 0.2) is 5.82 Å². The number of hydrogen-bond donors (Lipinski definition) is 0. The summed E-state index contributed by atoms with van der Waals surface area (Å²) < 4.78 is 6.45. The van der Waals surface area contributed by atoms with Gasteiger partial charge in [0.1, 0.15) is 6.26 Å². The molecular weight excluding hydrogens is 146 g/mol. The van der Waals surface area contributed by atoms with Gasteiger partial charge in [0.2, 0.25) is 6.08 Å². The summed E-state index contributed by atoms with van der Waals surface area (Å²) in [6, 6.07) is 0. The van der Waals surface area contributed by atoms with Gasteiger partial charge in [-0.3, -0.25) is 0 Å². The van der Waals surface area contributed by atoms with Crippen LogP contribution in [0.4, 0.5) is 5.82 Å². The van der Waals surface area contributed by atoms with E-state index in [0.29, 0.717) is 11.7 Å². The monoisotopic (exact) mass is 149 g/mol. The third-order valence-electron chi connectivity index (χ3n) is 1.29. The maximum absolute atomic E-state index is 9.87. The summed E-state index contributed by atoms with van der Waals surface area (Å²) in [5.41, 5.74) is 0. The van der Waals surface area contributed by atoms with E-state index in [1.165, 1.54) is 18.5 Å². The fourth-order valence-electron chi connectivity index (χ4n) is 0.844. The largest absolute Gasteiger partial charge is 0.432 e. The SMILES string of the molecule is O=C=Nc1cnc2occn12. The molecule has 0 aliphatic heterocycles. The predicted octanol–water partition coefficient (Wildman–Crippen LogP) is 0.895. The van der Waals surface area contributed by atoms with Crippen LogP contribution in [-0.4, -0.2) is 15.5 Å². The molecule has 2 heterocycles. The summed E-state index contributed by atoms with van der Waals surface area (Å²) in [6.45, 7) is 0. The molecule has 0 atom stereocenters. The van der Waals surface area contributed by atoms with Gasteiger partial charge >= 0.3 is 5.84 Å². The van der Waals surface area contributed by atoms with Crippen molar-refractivity contribution in [3.8, 4) is 0 Å². The molecule has 0 aliphatic carbocycles. The second-order valence-electron chi connectivity index (χ2n) is 1.88. The minimum absolute atomic E-state index is 0.416. The molecule has 0 aliphatic rings. The Morgan fingerprint density at radius 3 is 3.45 bits per heavy atom. The second-order valence-corrected chi connectivity index (χ2v) is 1.88. The lowest BCUT2D eigenvalue weighted by Gasteiger charge is -1.80. The number of oxazole rings is 1. The maximum atomic E-state index is 9.87. The lowest BCUT2D eigenvalue weighted by atomic mass is 10.7. The number of carbonyl (C=O) groups excluding carboxylic acids is 1. The molecule has 5 heteroatoms. The second kappa shape index (κ2) is 2.07. The van der Waals surface area contributed by atoms with Crippen LogP contribution in [0.5, 0.6) is 0 Å². The summed E-state index contributed by atoms with van der Waals surface area (Å²) in [7, 11) is 0. The van der Waals surface area contributed by atoms with Crippen molar-refractivity contribution < 1.29 is 9.21 Å². The van der Waals surface area contributed by atoms with Crippen LogP contribution in [0, 0.1) is 0 Å². The highest BCUT2D eigenvalue weighted by atomic mass is 16.3. The third-order valence-corrected chi connectivity index (χ3v) is 1.29. The van der Waals surface area contributed by atoms with Gasteiger partial charge in [0, 0.05) is 0 Å². The van der Waals surface area contributed by atoms with Crippen molar-refractivity contribution in [3.05, 3.63) is 18.7 Å². The van der Waals surface area contributed by atoms with Crippen molar-refractivity contribution in [3.63, 3.8) is 0 Å². The van der Waals surface area contributed by atoms with E-state index in [9.17, 15) is 4.79 Å². The molecule has 2 rings (SSSR count). The predicted molar refractivity (Wildman–Crippen MR) is 35.2 cm³/mol. The van der Waals surface area contributed by atoms with Crippen LogP contribution in [-0.2, 0) is 4.79 Å². The van der Waals surface area contributed by atoms with E-state index in [1.54, 1.807) is 10.6 Å². The molecule has 0 spiro atoms. The number of fused-ring (bicyclic) bond motifs is 1. The molecule has 11 heavy (non-hydrogen) atoms. The molecule has 2 aromatic rings. The van der Waals surface area contributed by atoms with E-state index in [0.717, 1.165) is 0 Å². The van der Waals surface area contributed by atoms with E-state index < -0.39 is 0 Å². The van der Waals surface area contributed by atoms with Gasteiger partial charge in [-0.15, -0.1) is 4.99 Å². The van der Waals surface area contributed by atoms with Crippen molar-refractivity contribution in [1.29, 1.82) is 0 Å². The Bertz CT molecular complexity index is 422. The molecular formula is C6H3N3O2. The molecule has 5 nitrogen and oxygen atoms in total. The first-order valence-corrected chi connectivity index (χ1v) is 2.90. The first-order valence-electron chi connectivity index (χ1n) is 2.90. The lowest BCUT2D eigenvalue weighted by Crippen LogP contribution is -1.72. The Morgan fingerprint density at radius 1 is 1.73 bits per heavy atom. The molecule has 0 saturated carbocycles. The number of rotatable bonds is 1. The molecule has 0 fully saturated rings. The zero-order valence-electron chi connectivity index (χ0n) is 5.39. The minimum Gasteiger partial charge on any atom is -0.432 e. The third kappa shape index (κ3) is 0.754. The molecule has 0 unspecified atom stereocenters. The smallest absolute Gasteiger partial charge is 0.307 e. The maximum Gasteiger partial charge on any atom is 0.307 e. The van der Waals surface area contributed by atoms with E-state index in [1.807, 2.05) is 0 Å². The highest BCUT2D eigenvalue weighted by Gasteiger charge is 2.01. The Balaban J connectivity index is 2.77. The molecule has 0 amide bonds. The number of aliphatic imine (C=N–C) groups is 1. The Labute approximate surface area is 61.0 Å². The molecule has 0 aromatic carbocycles. The highest BCUT2D eigenvalue weighted by Crippen LogP contribution is 2.13. The standard InChI is InChI=1S/C6H3N3O2/c10-4-8-5-3-7-6-9(5)1-2-11-6/h1-3H. The zero-order chi connectivity index (χ0) is 7.68. The number of isocyanates is 1. The van der Waals surface area contributed by atoms with Gasteiger partial charge in [-0.25, -0.2) is 14.2 Å². The van der Waals surface area contributed by atoms with Gasteiger partial charge in [-0.1, -0.05) is 0 Å². The zero-order valence-corrected chi connectivity index (χ0v) is 5.39. The van der Waals surface area contributed by atoms with Crippen LogP contribution >= 0.6 is 0 Å². The van der Waals surface area contributed by atoms with Crippen molar-refractivity contribution in [1.82, 2.24) is 9.38 Å². The Hall–Kier alpha value is -1.87. The van der Waals surface area contributed by atoms with Crippen molar-refractivity contribution in [2.24, 2.45) is 4.99 Å². The number of imidazole rings is 1. The summed E-state index contributed by atoms with van der Waals surface area (Å²) in [4.78, 5) is 17.1. The highest BCUT2D eigenvalue weighted by molar-refractivity contribution is 5.47. The summed E-state index contributed by atoms with van der Waals surface area (Å²) >= 11 is 0. The molecule has 54 valence electrons. The topological polar surface area (TPSA) is 59.9 Å². The first kappa shape index (κ1) is 5.88. The summed E-state index contributed by atoms with van der Waals surface area (Å²) in [6.07, 6.45) is 5.95. The van der Waals surface area contributed by atoms with Crippen LogP contribution in [0.15, 0.2) is 28.1 Å². The summed E-state index contributed by atoms with van der Waals surface area (Å²) in [5, 5.41) is 0. The van der Waals surface area contributed by atoms with E-state index in [-0.39, 0.29) is 0 Å². The fourth-order valence-corrected chi connectivity index (χ4v) is 0.844. The minimum atomic E-state index is 0.416. The Kier molecular flexibility index (Phi) is 1.11. The molecule has 0 radical (unpaired) electrons. The van der Waals surface area contributed by atoms with Crippen molar-refractivity contribution in [2.75, 3.05) is 0 Å². The summed E-state index contributed by atoms with van der Waals surface area (Å²) in [5.74, 6) is 0.836. The van der Waals surface area contributed by atoms with E-state index in [2.05, 4.69) is 9.98 Å². The Morgan fingerprint density at radius 2 is 2.64 bits per heavy atom. The normalized spacial score (nSPS) is 9.82. The van der Waals surface area contributed by atoms with Gasteiger partial charge in [-0.2, -0.15) is 0 Å². The van der Waals surface area contributed by atoms with Crippen LogP contribution in [0.1, 0.15) is 0 Å². The fraction of sp³-hybridized carbons (Fsp3) is 0.